The summed E-state index contributed by atoms with van der Waals surface area (Å²) >= 11 is 0. The summed E-state index contributed by atoms with van der Waals surface area (Å²) in [6, 6.07) is 6.97. The fourth-order valence-corrected chi connectivity index (χ4v) is 2.27. The third-order valence-electron chi connectivity index (χ3n) is 3.70. The zero-order valence-corrected chi connectivity index (χ0v) is 14.8. The molecule has 1 aromatic carbocycles. The Balaban J connectivity index is 1.76. The Morgan fingerprint density at radius 3 is 2.56 bits per heavy atom. The van der Waals surface area contributed by atoms with E-state index in [-0.39, 0.29) is 17.6 Å². The third kappa shape index (κ3) is 5.67. The molecule has 0 spiro atoms. The van der Waals surface area contributed by atoms with Gasteiger partial charge in [0.15, 0.2) is 5.78 Å². The van der Waals surface area contributed by atoms with E-state index >= 15 is 0 Å². The van der Waals surface area contributed by atoms with Crippen LogP contribution in [0.5, 0.6) is 5.75 Å². The fraction of sp³-hybridized carbons (Fsp3) is 0.368. The van der Waals surface area contributed by atoms with E-state index in [0.29, 0.717) is 36.6 Å². The molecule has 2 rings (SSSR count). The molecule has 25 heavy (non-hydrogen) atoms. The van der Waals surface area contributed by atoms with Crippen molar-refractivity contribution in [1.29, 1.82) is 0 Å². The molecule has 0 atom stereocenters. The molecule has 1 amide bonds. The minimum absolute atomic E-state index is 0.0220. The monoisotopic (exact) mass is 341 g/mol. The first-order chi connectivity index (χ1) is 12.0. The summed E-state index contributed by atoms with van der Waals surface area (Å²) in [5.41, 5.74) is 1.56. The van der Waals surface area contributed by atoms with Gasteiger partial charge in [0.1, 0.15) is 17.9 Å². The number of benzene rings is 1. The largest absolute Gasteiger partial charge is 0.494 e. The topological polar surface area (TPSA) is 81.2 Å². The van der Waals surface area contributed by atoms with Gasteiger partial charge in [-0.25, -0.2) is 9.97 Å². The SMILES string of the molecule is CC(=O)c1ccc(OCCCC(=O)Nc2ncncc2C(C)C)cc1. The molecule has 2 aromatic rings. The Labute approximate surface area is 147 Å². The van der Waals surface area contributed by atoms with Gasteiger partial charge in [0.05, 0.1) is 6.61 Å². The lowest BCUT2D eigenvalue weighted by molar-refractivity contribution is -0.116. The molecule has 6 nitrogen and oxygen atoms in total. The number of carbonyl (C=O) groups is 2. The van der Waals surface area contributed by atoms with Gasteiger partial charge < -0.3 is 10.1 Å². The van der Waals surface area contributed by atoms with Crippen molar-refractivity contribution in [2.24, 2.45) is 0 Å². The summed E-state index contributed by atoms with van der Waals surface area (Å²) in [7, 11) is 0. The van der Waals surface area contributed by atoms with Gasteiger partial charge in [-0.2, -0.15) is 0 Å². The van der Waals surface area contributed by atoms with Gasteiger partial charge in [0, 0.05) is 23.7 Å². The van der Waals surface area contributed by atoms with E-state index in [2.05, 4.69) is 15.3 Å². The van der Waals surface area contributed by atoms with Gasteiger partial charge in [0.2, 0.25) is 5.91 Å². The van der Waals surface area contributed by atoms with Gasteiger partial charge in [-0.3, -0.25) is 9.59 Å². The second-order valence-electron chi connectivity index (χ2n) is 6.06. The van der Waals surface area contributed by atoms with Gasteiger partial charge in [-0.05, 0) is 43.5 Å². The first-order valence-corrected chi connectivity index (χ1v) is 8.31. The zero-order chi connectivity index (χ0) is 18.2. The first kappa shape index (κ1) is 18.6. The predicted molar refractivity (Wildman–Crippen MR) is 95.9 cm³/mol. The average Bonchev–Trinajstić information content (AvgIpc) is 2.59. The molecule has 1 aromatic heterocycles. The van der Waals surface area contributed by atoms with Crippen LogP contribution in [0.1, 0.15) is 55.5 Å². The number of nitrogens with one attached hydrogen (secondary N) is 1. The highest BCUT2D eigenvalue weighted by atomic mass is 16.5. The number of carbonyl (C=O) groups excluding carboxylic acids is 2. The van der Waals surface area contributed by atoms with E-state index in [9.17, 15) is 9.59 Å². The minimum atomic E-state index is -0.101. The second kappa shape index (κ2) is 8.92. The number of rotatable bonds is 8. The van der Waals surface area contributed by atoms with Crippen LogP contribution < -0.4 is 10.1 Å². The molecule has 0 saturated carbocycles. The number of hydrogen-bond donors (Lipinski definition) is 1. The minimum Gasteiger partial charge on any atom is -0.494 e. The molecular weight excluding hydrogens is 318 g/mol. The normalized spacial score (nSPS) is 10.6. The summed E-state index contributed by atoms with van der Waals surface area (Å²) < 4.78 is 5.59. The molecule has 0 aliphatic carbocycles. The Bertz CT molecular complexity index is 727. The Morgan fingerprint density at radius 2 is 1.92 bits per heavy atom. The highest BCUT2D eigenvalue weighted by Gasteiger charge is 2.11. The quantitative estimate of drug-likeness (QED) is 0.586. The number of aromatic nitrogens is 2. The van der Waals surface area contributed by atoms with Crippen LogP contribution in [-0.4, -0.2) is 28.3 Å². The predicted octanol–water partition coefficient (Wildman–Crippen LogP) is 3.60. The van der Waals surface area contributed by atoms with Crippen molar-refractivity contribution in [3.05, 3.63) is 47.9 Å². The Hall–Kier alpha value is -2.76. The van der Waals surface area contributed by atoms with Crippen LogP contribution in [0.25, 0.3) is 0 Å². The fourth-order valence-electron chi connectivity index (χ4n) is 2.27. The first-order valence-electron chi connectivity index (χ1n) is 8.31. The van der Waals surface area contributed by atoms with E-state index in [0.717, 1.165) is 5.56 Å². The summed E-state index contributed by atoms with van der Waals surface area (Å²) in [5.74, 6) is 1.40. The third-order valence-corrected chi connectivity index (χ3v) is 3.70. The highest BCUT2D eigenvalue weighted by Crippen LogP contribution is 2.20. The number of ether oxygens (including phenoxy) is 1. The van der Waals surface area contributed by atoms with Gasteiger partial charge in [-0.1, -0.05) is 13.8 Å². The lowest BCUT2D eigenvalue weighted by atomic mass is 10.1. The van der Waals surface area contributed by atoms with E-state index in [1.54, 1.807) is 30.5 Å². The molecule has 0 bridgehead atoms. The lowest BCUT2D eigenvalue weighted by Gasteiger charge is -2.12. The lowest BCUT2D eigenvalue weighted by Crippen LogP contribution is -2.15. The molecule has 0 radical (unpaired) electrons. The zero-order valence-electron chi connectivity index (χ0n) is 14.8. The van der Waals surface area contributed by atoms with Crippen LogP contribution >= 0.6 is 0 Å². The average molecular weight is 341 g/mol. The van der Waals surface area contributed by atoms with Crippen LogP contribution in [0.3, 0.4) is 0 Å². The molecule has 132 valence electrons. The van der Waals surface area contributed by atoms with Crippen molar-refractivity contribution in [2.45, 2.75) is 39.5 Å². The van der Waals surface area contributed by atoms with Gasteiger partial charge >= 0.3 is 0 Å². The maximum Gasteiger partial charge on any atom is 0.225 e. The van der Waals surface area contributed by atoms with Crippen LogP contribution in [0.15, 0.2) is 36.8 Å². The van der Waals surface area contributed by atoms with E-state index < -0.39 is 0 Å². The number of hydrogen-bond acceptors (Lipinski definition) is 5. The molecule has 6 heteroatoms. The maximum atomic E-state index is 12.1. The Kier molecular flexibility index (Phi) is 6.62. The summed E-state index contributed by atoms with van der Waals surface area (Å²) in [4.78, 5) is 31.4. The standard InChI is InChI=1S/C19H23N3O3/c1-13(2)17-11-20-12-21-19(17)22-18(24)5-4-10-25-16-8-6-15(7-9-16)14(3)23/h6-9,11-13H,4-5,10H2,1-3H3,(H,20,21,22,24). The van der Waals surface area contributed by atoms with Crippen molar-refractivity contribution in [2.75, 3.05) is 11.9 Å². The highest BCUT2D eigenvalue weighted by molar-refractivity contribution is 5.94. The molecule has 0 fully saturated rings. The summed E-state index contributed by atoms with van der Waals surface area (Å²) in [6.45, 7) is 6.00. The number of ketones is 1. The molecule has 0 saturated heterocycles. The van der Waals surface area contributed by atoms with Crippen molar-refractivity contribution >= 4 is 17.5 Å². The van der Waals surface area contributed by atoms with Crippen molar-refractivity contribution in [3.63, 3.8) is 0 Å². The number of amides is 1. The number of nitrogens with zero attached hydrogens (tertiary/aromatic N) is 2. The smallest absolute Gasteiger partial charge is 0.225 e. The summed E-state index contributed by atoms with van der Waals surface area (Å²) in [5, 5.41) is 2.83. The van der Waals surface area contributed by atoms with Crippen LogP contribution in [-0.2, 0) is 4.79 Å². The van der Waals surface area contributed by atoms with E-state index in [4.69, 9.17) is 4.74 Å². The second-order valence-corrected chi connectivity index (χ2v) is 6.06. The van der Waals surface area contributed by atoms with Crippen LogP contribution in [0.4, 0.5) is 5.82 Å². The molecular formula is C19H23N3O3. The van der Waals surface area contributed by atoms with Crippen LogP contribution in [0, 0.1) is 0 Å². The molecule has 1 heterocycles. The molecule has 1 N–H and O–H groups in total. The molecule has 0 aliphatic rings. The van der Waals surface area contributed by atoms with Gasteiger partial charge in [-0.15, -0.1) is 0 Å². The van der Waals surface area contributed by atoms with Crippen LogP contribution in [0.2, 0.25) is 0 Å². The molecule has 0 aliphatic heterocycles. The number of anilines is 1. The van der Waals surface area contributed by atoms with Gasteiger partial charge in [0.25, 0.3) is 0 Å². The van der Waals surface area contributed by atoms with Crippen molar-refractivity contribution in [3.8, 4) is 5.75 Å². The number of Topliss-reactive ketones (excluding diaryl/α,β-unsaturated/α-hetero) is 1. The van der Waals surface area contributed by atoms with Crippen molar-refractivity contribution < 1.29 is 14.3 Å². The Morgan fingerprint density at radius 1 is 1.20 bits per heavy atom. The molecule has 0 unspecified atom stereocenters. The maximum absolute atomic E-state index is 12.1. The van der Waals surface area contributed by atoms with Crippen molar-refractivity contribution in [1.82, 2.24) is 9.97 Å². The summed E-state index contributed by atoms with van der Waals surface area (Å²) in [6.07, 6.45) is 4.08. The van der Waals surface area contributed by atoms with E-state index in [1.165, 1.54) is 13.3 Å². The van der Waals surface area contributed by atoms with E-state index in [1.807, 2.05) is 13.8 Å².